The van der Waals surface area contributed by atoms with Crippen molar-refractivity contribution in [3.63, 3.8) is 0 Å². The molecule has 0 aliphatic heterocycles. The quantitative estimate of drug-likeness (QED) is 0.564. The zero-order valence-corrected chi connectivity index (χ0v) is 20.0. The van der Waals surface area contributed by atoms with E-state index in [1.165, 1.54) is 32.1 Å². The molecule has 0 radical (unpaired) electrons. The minimum absolute atomic E-state index is 0.108. The Morgan fingerprint density at radius 2 is 1.94 bits per heavy atom. The Balaban J connectivity index is 1.63. The Kier molecular flexibility index (Phi) is 6.60. The second-order valence-electron chi connectivity index (χ2n) is 9.48. The molecule has 1 aliphatic rings. The van der Waals surface area contributed by atoms with Crippen LogP contribution >= 0.6 is 0 Å². The summed E-state index contributed by atoms with van der Waals surface area (Å²) >= 11 is 0. The molecule has 0 saturated heterocycles. The van der Waals surface area contributed by atoms with Gasteiger partial charge >= 0.3 is 0 Å². The summed E-state index contributed by atoms with van der Waals surface area (Å²) in [6.45, 7) is 6.95. The lowest BCUT2D eigenvalue weighted by molar-refractivity contribution is 0.102. The number of aromatic nitrogens is 3. The van der Waals surface area contributed by atoms with Crippen LogP contribution < -0.4 is 5.32 Å². The third-order valence-electron chi connectivity index (χ3n) is 6.71. The lowest BCUT2D eigenvalue weighted by atomic mass is 9.94. The van der Waals surface area contributed by atoms with Gasteiger partial charge in [-0.15, -0.1) is 0 Å². The Morgan fingerprint density at radius 3 is 2.66 bits per heavy atom. The van der Waals surface area contributed by atoms with Gasteiger partial charge in [-0.05, 0) is 50.4 Å². The first kappa shape index (κ1) is 22.5. The number of nitrogens with one attached hydrogen (secondary N) is 1. The zero-order chi connectivity index (χ0) is 22.8. The molecule has 1 saturated carbocycles. The molecule has 1 N–H and O–H groups in total. The van der Waals surface area contributed by atoms with Crippen molar-refractivity contribution in [1.82, 2.24) is 19.7 Å². The minimum Gasteiger partial charge on any atom is -0.322 e. The lowest BCUT2D eigenvalue weighted by Gasteiger charge is -2.31. The molecule has 170 valence electrons. The molecular formula is C26H35N5O. The molecule has 6 heteroatoms. The molecule has 1 aromatic carbocycles. The normalized spacial score (nSPS) is 15.1. The average Bonchev–Trinajstić information content (AvgIpc) is 3.08. The molecule has 0 bridgehead atoms. The molecule has 6 nitrogen and oxygen atoms in total. The van der Waals surface area contributed by atoms with Crippen molar-refractivity contribution in [1.29, 1.82) is 0 Å². The molecule has 3 aromatic rings. The van der Waals surface area contributed by atoms with Crippen molar-refractivity contribution < 1.29 is 4.79 Å². The number of para-hydroxylation sites is 1. The SMILES string of the molecule is Cc1nn(C)c2nc(C(C)C)cc(C(=O)Nc3ccccc3CN(C)C3CCCCC3)c12. The number of benzene rings is 1. The van der Waals surface area contributed by atoms with Crippen molar-refractivity contribution in [3.05, 3.63) is 52.8 Å². The maximum absolute atomic E-state index is 13.5. The van der Waals surface area contributed by atoms with Gasteiger partial charge in [-0.2, -0.15) is 5.10 Å². The number of aryl methyl sites for hydroxylation is 2. The van der Waals surface area contributed by atoms with Gasteiger partial charge in [-0.25, -0.2) is 4.98 Å². The summed E-state index contributed by atoms with van der Waals surface area (Å²) in [6, 6.07) is 10.7. The molecule has 1 fully saturated rings. The molecule has 2 heterocycles. The number of nitrogens with zero attached hydrogens (tertiary/aromatic N) is 4. The average molecular weight is 434 g/mol. The Bertz CT molecular complexity index is 1110. The van der Waals surface area contributed by atoms with E-state index in [9.17, 15) is 4.79 Å². The van der Waals surface area contributed by atoms with Crippen molar-refractivity contribution in [2.24, 2.45) is 7.05 Å². The van der Waals surface area contributed by atoms with E-state index in [4.69, 9.17) is 4.98 Å². The molecule has 2 aromatic heterocycles. The van der Waals surface area contributed by atoms with Gasteiger partial charge in [-0.3, -0.25) is 14.4 Å². The molecule has 4 rings (SSSR count). The van der Waals surface area contributed by atoms with E-state index in [-0.39, 0.29) is 11.8 Å². The monoisotopic (exact) mass is 433 g/mol. The van der Waals surface area contributed by atoms with Gasteiger partial charge in [0.15, 0.2) is 5.65 Å². The number of hydrogen-bond acceptors (Lipinski definition) is 4. The highest BCUT2D eigenvalue weighted by Gasteiger charge is 2.22. The number of anilines is 1. The van der Waals surface area contributed by atoms with E-state index in [0.29, 0.717) is 11.6 Å². The van der Waals surface area contributed by atoms with Crippen LogP contribution in [0.2, 0.25) is 0 Å². The summed E-state index contributed by atoms with van der Waals surface area (Å²) < 4.78 is 1.76. The molecule has 0 spiro atoms. The summed E-state index contributed by atoms with van der Waals surface area (Å²) in [5.74, 6) is 0.112. The fourth-order valence-corrected chi connectivity index (χ4v) is 4.83. The van der Waals surface area contributed by atoms with E-state index in [2.05, 4.69) is 42.3 Å². The highest BCUT2D eigenvalue weighted by molar-refractivity contribution is 6.13. The van der Waals surface area contributed by atoms with E-state index >= 15 is 0 Å². The summed E-state index contributed by atoms with van der Waals surface area (Å²) in [5.41, 5.74) is 5.13. The Hall–Kier alpha value is -2.73. The van der Waals surface area contributed by atoms with Crippen LogP contribution in [-0.4, -0.2) is 38.7 Å². The third-order valence-corrected chi connectivity index (χ3v) is 6.71. The number of amides is 1. The van der Waals surface area contributed by atoms with Crippen LogP contribution in [0.3, 0.4) is 0 Å². The first-order chi connectivity index (χ1) is 15.3. The largest absolute Gasteiger partial charge is 0.322 e. The smallest absolute Gasteiger partial charge is 0.256 e. The van der Waals surface area contributed by atoms with Crippen molar-refractivity contribution >= 4 is 22.6 Å². The van der Waals surface area contributed by atoms with E-state index in [1.54, 1.807) is 4.68 Å². The fraction of sp³-hybridized carbons (Fsp3) is 0.500. The van der Waals surface area contributed by atoms with Crippen LogP contribution in [-0.2, 0) is 13.6 Å². The van der Waals surface area contributed by atoms with Gasteiger partial charge in [0.05, 0.1) is 16.6 Å². The Morgan fingerprint density at radius 1 is 1.22 bits per heavy atom. The number of hydrogen-bond donors (Lipinski definition) is 1. The Labute approximate surface area is 191 Å². The first-order valence-corrected chi connectivity index (χ1v) is 11.8. The predicted molar refractivity (Wildman–Crippen MR) is 130 cm³/mol. The molecule has 1 aliphatic carbocycles. The van der Waals surface area contributed by atoms with Crippen LogP contribution in [0.1, 0.15) is 79.2 Å². The second kappa shape index (κ2) is 9.41. The van der Waals surface area contributed by atoms with E-state index in [0.717, 1.165) is 40.2 Å². The molecule has 32 heavy (non-hydrogen) atoms. The minimum atomic E-state index is -0.108. The molecule has 0 atom stereocenters. The summed E-state index contributed by atoms with van der Waals surface area (Å²) in [5, 5.41) is 8.54. The van der Waals surface area contributed by atoms with Gasteiger partial charge < -0.3 is 5.32 Å². The predicted octanol–water partition coefficient (Wildman–Crippen LogP) is 5.42. The van der Waals surface area contributed by atoms with Crippen LogP contribution in [0.15, 0.2) is 30.3 Å². The number of carbonyl (C=O) groups is 1. The topological polar surface area (TPSA) is 63.1 Å². The van der Waals surface area contributed by atoms with Crippen molar-refractivity contribution in [3.8, 4) is 0 Å². The lowest BCUT2D eigenvalue weighted by Crippen LogP contribution is -2.33. The number of pyridine rings is 1. The summed E-state index contributed by atoms with van der Waals surface area (Å²) in [7, 11) is 4.08. The highest BCUT2D eigenvalue weighted by Crippen LogP contribution is 2.28. The fourth-order valence-electron chi connectivity index (χ4n) is 4.83. The van der Waals surface area contributed by atoms with Crippen LogP contribution in [0.5, 0.6) is 0 Å². The van der Waals surface area contributed by atoms with Gasteiger partial charge in [-0.1, -0.05) is 51.3 Å². The maximum Gasteiger partial charge on any atom is 0.256 e. The standard InChI is InChI=1S/C26H35N5O/c1-17(2)23-15-21(24-18(3)29-31(5)25(24)27-23)26(32)28-22-14-10-9-11-19(22)16-30(4)20-12-7-6-8-13-20/h9-11,14-15,17,20H,6-8,12-13,16H2,1-5H3,(H,28,32). The molecule has 0 unspecified atom stereocenters. The zero-order valence-electron chi connectivity index (χ0n) is 20.0. The van der Waals surface area contributed by atoms with Gasteiger partial charge in [0.2, 0.25) is 0 Å². The van der Waals surface area contributed by atoms with Crippen LogP contribution in [0.4, 0.5) is 5.69 Å². The van der Waals surface area contributed by atoms with Crippen LogP contribution in [0, 0.1) is 6.92 Å². The maximum atomic E-state index is 13.5. The number of carbonyl (C=O) groups excluding carboxylic acids is 1. The summed E-state index contributed by atoms with van der Waals surface area (Å²) in [4.78, 5) is 20.7. The van der Waals surface area contributed by atoms with E-state index in [1.807, 2.05) is 38.2 Å². The number of fused-ring (bicyclic) bond motifs is 1. The summed E-state index contributed by atoms with van der Waals surface area (Å²) in [6.07, 6.45) is 6.50. The van der Waals surface area contributed by atoms with Crippen molar-refractivity contribution in [2.75, 3.05) is 12.4 Å². The van der Waals surface area contributed by atoms with Gasteiger partial charge in [0.1, 0.15) is 0 Å². The molecular weight excluding hydrogens is 398 g/mol. The van der Waals surface area contributed by atoms with Crippen LogP contribution in [0.25, 0.3) is 11.0 Å². The van der Waals surface area contributed by atoms with Gasteiger partial charge in [0.25, 0.3) is 5.91 Å². The highest BCUT2D eigenvalue weighted by atomic mass is 16.1. The molecule has 1 amide bonds. The number of rotatable bonds is 6. The second-order valence-corrected chi connectivity index (χ2v) is 9.48. The van der Waals surface area contributed by atoms with E-state index < -0.39 is 0 Å². The first-order valence-electron chi connectivity index (χ1n) is 11.8. The van der Waals surface area contributed by atoms with Crippen molar-refractivity contribution in [2.45, 2.75) is 71.4 Å². The third kappa shape index (κ3) is 4.56. The van der Waals surface area contributed by atoms with Gasteiger partial charge in [0, 0.05) is 31.0 Å².